The van der Waals surface area contributed by atoms with Crippen molar-refractivity contribution in [2.45, 2.75) is 11.8 Å². The molecule has 8 nitrogen and oxygen atoms in total. The third-order valence-corrected chi connectivity index (χ3v) is 7.41. The van der Waals surface area contributed by atoms with E-state index in [0.29, 0.717) is 18.1 Å². The second kappa shape index (κ2) is 10.4. The number of nitrogens with one attached hydrogen (secondary N) is 1. The molecular weight excluding hydrogens is 541 g/mol. The fourth-order valence-electron chi connectivity index (χ4n) is 3.30. The van der Waals surface area contributed by atoms with Crippen LogP contribution in [-0.4, -0.2) is 39.8 Å². The minimum absolute atomic E-state index is 0.103. The van der Waals surface area contributed by atoms with Gasteiger partial charge in [-0.3, -0.25) is 9.10 Å². The Morgan fingerprint density at radius 1 is 1.03 bits per heavy atom. The molecule has 4 rings (SSSR count). The first-order chi connectivity index (χ1) is 16.7. The zero-order valence-corrected chi connectivity index (χ0v) is 21.0. The maximum absolute atomic E-state index is 13.5. The number of amides is 1. The summed E-state index contributed by atoms with van der Waals surface area (Å²) in [6, 6.07) is 16.3. The van der Waals surface area contributed by atoms with Crippen molar-refractivity contribution >= 4 is 43.3 Å². The van der Waals surface area contributed by atoms with Gasteiger partial charge in [0, 0.05) is 10.5 Å². The Morgan fingerprint density at radius 3 is 2.37 bits per heavy atom. The smallest absolute Gasteiger partial charge is 0.264 e. The molecule has 1 aliphatic heterocycles. The van der Waals surface area contributed by atoms with E-state index in [2.05, 4.69) is 26.5 Å². The predicted molar refractivity (Wildman–Crippen MR) is 133 cm³/mol. The summed E-state index contributed by atoms with van der Waals surface area (Å²) in [5, 5.41) is 4.08. The van der Waals surface area contributed by atoms with Crippen molar-refractivity contribution in [1.82, 2.24) is 5.43 Å². The molecule has 0 aromatic heterocycles. The number of hydrogen-bond acceptors (Lipinski definition) is 6. The number of anilines is 1. The normalized spacial score (nSPS) is 13.3. The van der Waals surface area contributed by atoms with Crippen LogP contribution >= 0.6 is 15.9 Å². The van der Waals surface area contributed by atoms with Gasteiger partial charge < -0.3 is 9.47 Å². The lowest BCUT2D eigenvalue weighted by Gasteiger charge is -2.25. The van der Waals surface area contributed by atoms with Crippen LogP contribution < -0.4 is 19.2 Å². The van der Waals surface area contributed by atoms with Crippen molar-refractivity contribution < 1.29 is 27.1 Å². The molecule has 182 valence electrons. The van der Waals surface area contributed by atoms with Crippen molar-refractivity contribution in [3.63, 3.8) is 0 Å². The van der Waals surface area contributed by atoms with Crippen LogP contribution in [0.1, 0.15) is 12.5 Å². The number of hydrogen-bond donors (Lipinski definition) is 1. The molecule has 1 amide bonds. The zero-order chi connectivity index (χ0) is 25.0. The van der Waals surface area contributed by atoms with E-state index in [0.717, 1.165) is 26.5 Å². The molecule has 0 spiro atoms. The van der Waals surface area contributed by atoms with E-state index < -0.39 is 28.3 Å². The lowest BCUT2D eigenvalue weighted by atomic mass is 10.1. The molecule has 1 aliphatic rings. The van der Waals surface area contributed by atoms with Gasteiger partial charge in [-0.2, -0.15) is 5.10 Å². The lowest BCUT2D eigenvalue weighted by molar-refractivity contribution is -0.119. The zero-order valence-electron chi connectivity index (χ0n) is 18.6. The number of fused-ring (bicyclic) bond motifs is 1. The van der Waals surface area contributed by atoms with Crippen LogP contribution in [-0.2, 0) is 14.8 Å². The Labute approximate surface area is 210 Å². The maximum Gasteiger partial charge on any atom is 0.264 e. The maximum atomic E-state index is 13.5. The highest BCUT2D eigenvalue weighted by atomic mass is 79.9. The molecule has 3 aromatic rings. The molecule has 0 aliphatic carbocycles. The summed E-state index contributed by atoms with van der Waals surface area (Å²) >= 11 is 3.36. The van der Waals surface area contributed by atoms with Gasteiger partial charge in [0.15, 0.2) is 11.5 Å². The van der Waals surface area contributed by atoms with Gasteiger partial charge in [-0.15, -0.1) is 0 Å². The molecule has 0 fully saturated rings. The van der Waals surface area contributed by atoms with Gasteiger partial charge >= 0.3 is 0 Å². The van der Waals surface area contributed by atoms with Crippen LogP contribution in [0.15, 0.2) is 81.2 Å². The van der Waals surface area contributed by atoms with E-state index in [4.69, 9.17) is 9.47 Å². The highest BCUT2D eigenvalue weighted by Crippen LogP contribution is 2.34. The van der Waals surface area contributed by atoms with Crippen molar-refractivity contribution in [2.75, 3.05) is 24.1 Å². The summed E-state index contributed by atoms with van der Waals surface area (Å²) in [7, 11) is -4.23. The van der Waals surface area contributed by atoms with Crippen LogP contribution in [0.2, 0.25) is 0 Å². The van der Waals surface area contributed by atoms with Crippen LogP contribution in [0.25, 0.3) is 0 Å². The molecule has 35 heavy (non-hydrogen) atoms. The number of halogens is 2. The summed E-state index contributed by atoms with van der Waals surface area (Å²) in [5.74, 6) is -0.494. The number of benzene rings is 3. The Bertz CT molecular complexity index is 1360. The van der Waals surface area contributed by atoms with Crippen LogP contribution in [0.4, 0.5) is 10.1 Å². The second-order valence-electron chi connectivity index (χ2n) is 7.53. The van der Waals surface area contributed by atoms with Crippen molar-refractivity contribution in [3.8, 4) is 11.5 Å². The SMILES string of the molecule is C/C(=N/NC(=O)CN(c1ccc(F)cc1)S(=O)(=O)c1ccc2c(c1)OCCO2)c1ccc(Br)cc1. The van der Waals surface area contributed by atoms with E-state index in [-0.39, 0.29) is 22.9 Å². The monoisotopic (exact) mass is 561 g/mol. The molecule has 3 aromatic carbocycles. The number of nitrogens with zero attached hydrogens (tertiary/aromatic N) is 2. The summed E-state index contributed by atoms with van der Waals surface area (Å²) in [6.45, 7) is 1.78. The number of carbonyl (C=O) groups excluding carboxylic acids is 1. The van der Waals surface area contributed by atoms with E-state index in [1.54, 1.807) is 6.92 Å². The summed E-state index contributed by atoms with van der Waals surface area (Å²) in [6.07, 6.45) is 0. The fourth-order valence-corrected chi connectivity index (χ4v) is 5.00. The Morgan fingerprint density at radius 2 is 1.69 bits per heavy atom. The molecule has 0 unspecified atom stereocenters. The van der Waals surface area contributed by atoms with E-state index >= 15 is 0 Å². The van der Waals surface area contributed by atoms with Gasteiger partial charge in [-0.05, 0) is 61.0 Å². The molecular formula is C24H21BrFN3O5S. The quantitative estimate of drug-likeness (QED) is 0.346. The topological polar surface area (TPSA) is 97.3 Å². The van der Waals surface area contributed by atoms with Gasteiger partial charge in [0.2, 0.25) is 0 Å². The number of ether oxygens (including phenoxy) is 2. The number of rotatable bonds is 7. The average Bonchev–Trinajstić information content (AvgIpc) is 2.86. The molecule has 1 N–H and O–H groups in total. The lowest BCUT2D eigenvalue weighted by Crippen LogP contribution is -2.39. The third-order valence-electron chi connectivity index (χ3n) is 5.11. The van der Waals surface area contributed by atoms with Gasteiger partial charge in [0.25, 0.3) is 15.9 Å². The highest BCUT2D eigenvalue weighted by molar-refractivity contribution is 9.10. The largest absolute Gasteiger partial charge is 0.486 e. The fraction of sp³-hybridized carbons (Fsp3) is 0.167. The highest BCUT2D eigenvalue weighted by Gasteiger charge is 2.29. The van der Waals surface area contributed by atoms with Crippen molar-refractivity contribution in [3.05, 3.63) is 82.6 Å². The summed E-state index contributed by atoms with van der Waals surface area (Å²) in [4.78, 5) is 12.6. The molecule has 0 radical (unpaired) electrons. The van der Waals surface area contributed by atoms with Crippen LogP contribution in [0.3, 0.4) is 0 Å². The molecule has 0 saturated carbocycles. The first kappa shape index (κ1) is 24.7. The first-order valence-electron chi connectivity index (χ1n) is 10.5. The van der Waals surface area contributed by atoms with E-state index in [1.807, 2.05) is 24.3 Å². The molecule has 11 heteroatoms. The standard InChI is InChI=1S/C24H21BrFN3O5S/c1-16(17-2-4-18(25)5-3-17)27-28-24(30)15-29(20-8-6-19(26)7-9-20)35(31,32)21-10-11-22-23(14-21)34-13-12-33-22/h2-11,14H,12-13,15H2,1H3,(H,28,30)/b27-16-. The molecule has 1 heterocycles. The van der Waals surface area contributed by atoms with Gasteiger partial charge in [-0.25, -0.2) is 18.2 Å². The van der Waals surface area contributed by atoms with Crippen LogP contribution in [0.5, 0.6) is 11.5 Å². The summed E-state index contributed by atoms with van der Waals surface area (Å²) < 4.78 is 53.4. The Balaban J connectivity index is 1.60. The number of sulfonamides is 1. The van der Waals surface area contributed by atoms with Crippen LogP contribution in [0, 0.1) is 5.82 Å². The molecule has 0 saturated heterocycles. The van der Waals surface area contributed by atoms with Gasteiger partial charge in [0.1, 0.15) is 25.6 Å². The van der Waals surface area contributed by atoms with Gasteiger partial charge in [0.05, 0.1) is 16.3 Å². The third kappa shape index (κ3) is 5.80. The van der Waals surface area contributed by atoms with E-state index in [1.165, 1.54) is 30.3 Å². The van der Waals surface area contributed by atoms with Crippen molar-refractivity contribution in [2.24, 2.45) is 5.10 Å². The minimum Gasteiger partial charge on any atom is -0.486 e. The Hall–Kier alpha value is -3.44. The second-order valence-corrected chi connectivity index (χ2v) is 10.3. The molecule has 0 bridgehead atoms. The van der Waals surface area contributed by atoms with Crippen molar-refractivity contribution in [1.29, 1.82) is 0 Å². The summed E-state index contributed by atoms with van der Waals surface area (Å²) in [5.41, 5.74) is 3.83. The predicted octanol–water partition coefficient (Wildman–Crippen LogP) is 4.10. The number of carbonyl (C=O) groups is 1. The average molecular weight is 562 g/mol. The molecule has 0 atom stereocenters. The number of hydrazone groups is 1. The Kier molecular flexibility index (Phi) is 7.37. The minimum atomic E-state index is -4.23. The first-order valence-corrected chi connectivity index (χ1v) is 12.7. The van der Waals surface area contributed by atoms with Gasteiger partial charge in [-0.1, -0.05) is 28.1 Å². The van der Waals surface area contributed by atoms with E-state index in [9.17, 15) is 17.6 Å².